The maximum Gasteiger partial charge on any atom is 0.254 e. The molecule has 2 aromatic rings. The Labute approximate surface area is 128 Å². The summed E-state index contributed by atoms with van der Waals surface area (Å²) in [6.07, 6.45) is 0. The van der Waals surface area contributed by atoms with E-state index in [0.29, 0.717) is 35.8 Å². The second-order valence-electron chi connectivity index (χ2n) is 5.11. The molecule has 0 atom stereocenters. The van der Waals surface area contributed by atoms with Gasteiger partial charge in [0.25, 0.3) is 5.91 Å². The van der Waals surface area contributed by atoms with Crippen molar-refractivity contribution in [3.05, 3.63) is 59.4 Å². The van der Waals surface area contributed by atoms with Crippen LogP contribution in [0.5, 0.6) is 11.5 Å². The molecule has 0 saturated carbocycles. The van der Waals surface area contributed by atoms with Gasteiger partial charge in [-0.15, -0.1) is 0 Å². The summed E-state index contributed by atoms with van der Waals surface area (Å²) in [6, 6.07) is 11.5. The van der Waals surface area contributed by atoms with Gasteiger partial charge in [-0.25, -0.2) is 4.39 Å². The third kappa shape index (κ3) is 2.88. The van der Waals surface area contributed by atoms with Gasteiger partial charge in [0, 0.05) is 24.7 Å². The number of hydrogen-bond acceptors (Lipinski definition) is 3. The number of ether oxygens (including phenoxy) is 2. The van der Waals surface area contributed by atoms with Crippen LogP contribution in [0.2, 0.25) is 0 Å². The van der Waals surface area contributed by atoms with Gasteiger partial charge >= 0.3 is 0 Å². The van der Waals surface area contributed by atoms with E-state index in [4.69, 9.17) is 9.47 Å². The quantitative estimate of drug-likeness (QED) is 0.875. The van der Waals surface area contributed by atoms with Crippen molar-refractivity contribution in [3.8, 4) is 11.5 Å². The molecule has 1 heterocycles. The molecule has 0 spiro atoms. The maximum absolute atomic E-state index is 13.7. The van der Waals surface area contributed by atoms with Crippen LogP contribution in [-0.2, 0) is 6.54 Å². The topological polar surface area (TPSA) is 38.8 Å². The third-order valence-corrected chi connectivity index (χ3v) is 3.50. The maximum atomic E-state index is 13.7. The lowest BCUT2D eigenvalue weighted by Gasteiger charge is -2.21. The molecule has 0 saturated heterocycles. The molecule has 5 heteroatoms. The van der Waals surface area contributed by atoms with E-state index in [1.807, 2.05) is 0 Å². The first-order valence-corrected chi connectivity index (χ1v) is 7.03. The largest absolute Gasteiger partial charge is 0.486 e. The van der Waals surface area contributed by atoms with Crippen molar-refractivity contribution >= 4 is 5.91 Å². The van der Waals surface area contributed by atoms with E-state index in [1.54, 1.807) is 43.4 Å². The van der Waals surface area contributed by atoms with Crippen molar-refractivity contribution < 1.29 is 18.7 Å². The van der Waals surface area contributed by atoms with Crippen LogP contribution in [0.1, 0.15) is 15.9 Å². The van der Waals surface area contributed by atoms with Gasteiger partial charge in [0.15, 0.2) is 11.5 Å². The van der Waals surface area contributed by atoms with Crippen LogP contribution in [0.4, 0.5) is 4.39 Å². The van der Waals surface area contributed by atoms with Crippen molar-refractivity contribution in [1.82, 2.24) is 4.90 Å². The first kappa shape index (κ1) is 14.4. The third-order valence-electron chi connectivity index (χ3n) is 3.50. The Morgan fingerprint density at radius 3 is 2.64 bits per heavy atom. The first-order chi connectivity index (χ1) is 10.6. The van der Waals surface area contributed by atoms with E-state index in [0.717, 1.165) is 0 Å². The van der Waals surface area contributed by atoms with Gasteiger partial charge in [-0.3, -0.25) is 4.79 Å². The Kier molecular flexibility index (Phi) is 3.96. The Hall–Kier alpha value is -2.56. The van der Waals surface area contributed by atoms with Crippen molar-refractivity contribution in [2.75, 3.05) is 20.3 Å². The van der Waals surface area contributed by atoms with E-state index in [1.165, 1.54) is 11.0 Å². The van der Waals surface area contributed by atoms with Crippen molar-refractivity contribution in [1.29, 1.82) is 0 Å². The van der Waals surface area contributed by atoms with Crippen LogP contribution >= 0.6 is 0 Å². The summed E-state index contributed by atoms with van der Waals surface area (Å²) in [6.45, 7) is 1.18. The van der Waals surface area contributed by atoms with Gasteiger partial charge in [0.1, 0.15) is 19.0 Å². The van der Waals surface area contributed by atoms with Gasteiger partial charge in [-0.05, 0) is 24.3 Å². The molecule has 1 amide bonds. The molecule has 22 heavy (non-hydrogen) atoms. The van der Waals surface area contributed by atoms with E-state index in [9.17, 15) is 9.18 Å². The second-order valence-corrected chi connectivity index (χ2v) is 5.11. The number of rotatable bonds is 3. The van der Waals surface area contributed by atoms with Crippen LogP contribution in [0.15, 0.2) is 42.5 Å². The van der Waals surface area contributed by atoms with Crippen LogP contribution in [0, 0.1) is 5.82 Å². The molecule has 2 aromatic carbocycles. The number of carbonyl (C=O) groups excluding carboxylic acids is 1. The molecule has 0 radical (unpaired) electrons. The number of halogens is 1. The predicted octanol–water partition coefficient (Wildman–Crippen LogP) is 2.87. The molecule has 0 aromatic heterocycles. The molecular weight excluding hydrogens is 285 g/mol. The lowest BCUT2D eigenvalue weighted by Crippen LogP contribution is -2.27. The summed E-state index contributed by atoms with van der Waals surface area (Å²) >= 11 is 0. The molecule has 3 rings (SSSR count). The molecule has 0 fully saturated rings. The van der Waals surface area contributed by atoms with E-state index in [2.05, 4.69) is 0 Å². The second kappa shape index (κ2) is 6.05. The highest BCUT2D eigenvalue weighted by atomic mass is 19.1. The van der Waals surface area contributed by atoms with Crippen LogP contribution in [0.3, 0.4) is 0 Å². The normalized spacial score (nSPS) is 12.8. The molecule has 114 valence electrons. The standard InChI is InChI=1S/C17H16FNO3/c1-19(11-13-4-2-3-5-14(13)18)17(20)12-6-7-15-16(10-12)22-9-8-21-15/h2-7,10H,8-9,11H2,1H3. The number of fused-ring (bicyclic) bond motifs is 1. The molecule has 0 aliphatic carbocycles. The molecular formula is C17H16FNO3. The smallest absolute Gasteiger partial charge is 0.254 e. The Balaban J connectivity index is 1.77. The average molecular weight is 301 g/mol. The zero-order valence-corrected chi connectivity index (χ0v) is 12.2. The van der Waals surface area contributed by atoms with Gasteiger partial charge in [0.2, 0.25) is 0 Å². The molecule has 0 bridgehead atoms. The highest BCUT2D eigenvalue weighted by Gasteiger charge is 2.18. The van der Waals surface area contributed by atoms with Gasteiger partial charge in [0.05, 0.1) is 0 Å². The molecule has 0 unspecified atom stereocenters. The van der Waals surface area contributed by atoms with Crippen LogP contribution in [-0.4, -0.2) is 31.1 Å². The van der Waals surface area contributed by atoms with Crippen LogP contribution in [0.25, 0.3) is 0 Å². The van der Waals surface area contributed by atoms with Gasteiger partial charge in [-0.2, -0.15) is 0 Å². The Bertz CT molecular complexity index is 702. The minimum absolute atomic E-state index is 0.194. The number of benzene rings is 2. The average Bonchev–Trinajstić information content (AvgIpc) is 2.55. The minimum atomic E-state index is -0.315. The molecule has 1 aliphatic rings. The lowest BCUT2D eigenvalue weighted by molar-refractivity contribution is 0.0782. The fourth-order valence-electron chi connectivity index (χ4n) is 2.35. The summed E-state index contributed by atoms with van der Waals surface area (Å²) in [4.78, 5) is 13.9. The van der Waals surface area contributed by atoms with Crippen LogP contribution < -0.4 is 9.47 Å². The zero-order chi connectivity index (χ0) is 15.5. The lowest BCUT2D eigenvalue weighted by atomic mass is 10.1. The number of nitrogens with zero attached hydrogens (tertiary/aromatic N) is 1. The van der Waals surface area contributed by atoms with Crippen molar-refractivity contribution in [2.24, 2.45) is 0 Å². The van der Waals surface area contributed by atoms with E-state index >= 15 is 0 Å². The van der Waals surface area contributed by atoms with E-state index < -0.39 is 0 Å². The summed E-state index contributed by atoms with van der Waals surface area (Å²) in [5.74, 6) is 0.695. The van der Waals surface area contributed by atoms with Gasteiger partial charge in [-0.1, -0.05) is 18.2 Å². The number of amides is 1. The SMILES string of the molecule is CN(Cc1ccccc1F)C(=O)c1ccc2c(c1)OCCO2. The van der Waals surface area contributed by atoms with Crippen molar-refractivity contribution in [2.45, 2.75) is 6.54 Å². The molecule has 1 aliphatic heterocycles. The Morgan fingerprint density at radius 1 is 1.14 bits per heavy atom. The summed E-state index contributed by atoms with van der Waals surface area (Å²) in [5, 5.41) is 0. The monoisotopic (exact) mass is 301 g/mol. The molecule has 0 N–H and O–H groups in total. The number of hydrogen-bond donors (Lipinski definition) is 0. The number of carbonyl (C=O) groups is 1. The minimum Gasteiger partial charge on any atom is -0.486 e. The molecule has 4 nitrogen and oxygen atoms in total. The van der Waals surface area contributed by atoms with E-state index in [-0.39, 0.29) is 18.3 Å². The van der Waals surface area contributed by atoms with Gasteiger partial charge < -0.3 is 14.4 Å². The van der Waals surface area contributed by atoms with Crippen molar-refractivity contribution in [3.63, 3.8) is 0 Å². The highest BCUT2D eigenvalue weighted by Crippen LogP contribution is 2.31. The zero-order valence-electron chi connectivity index (χ0n) is 12.2. The fraction of sp³-hybridized carbons (Fsp3) is 0.235. The highest BCUT2D eigenvalue weighted by molar-refractivity contribution is 5.94. The summed E-state index contributed by atoms with van der Waals surface area (Å²) in [7, 11) is 1.64. The summed E-state index contributed by atoms with van der Waals surface area (Å²) < 4.78 is 24.6. The fourth-order valence-corrected chi connectivity index (χ4v) is 2.35. The predicted molar refractivity (Wildman–Crippen MR) is 79.6 cm³/mol. The Morgan fingerprint density at radius 2 is 1.86 bits per heavy atom. The summed E-state index contributed by atoms with van der Waals surface area (Å²) in [5.41, 5.74) is 0.971. The first-order valence-electron chi connectivity index (χ1n) is 7.03.